The Bertz CT molecular complexity index is 778. The zero-order valence-electron chi connectivity index (χ0n) is 15.5. The van der Waals surface area contributed by atoms with E-state index in [-0.39, 0.29) is 11.8 Å². The molecule has 0 radical (unpaired) electrons. The summed E-state index contributed by atoms with van der Waals surface area (Å²) in [4.78, 5) is 30.6. The van der Waals surface area contributed by atoms with Crippen molar-refractivity contribution >= 4 is 11.8 Å². The van der Waals surface area contributed by atoms with Gasteiger partial charge in [0.05, 0.1) is 12.8 Å². The van der Waals surface area contributed by atoms with Crippen molar-refractivity contribution in [2.24, 2.45) is 0 Å². The summed E-state index contributed by atoms with van der Waals surface area (Å²) < 4.78 is 5.40. The summed E-state index contributed by atoms with van der Waals surface area (Å²) >= 11 is 0. The van der Waals surface area contributed by atoms with Crippen molar-refractivity contribution in [3.63, 3.8) is 0 Å². The van der Waals surface area contributed by atoms with Crippen molar-refractivity contribution in [1.82, 2.24) is 14.7 Å². The van der Waals surface area contributed by atoms with Crippen LogP contribution in [0, 0.1) is 0 Å². The van der Waals surface area contributed by atoms with E-state index >= 15 is 0 Å². The lowest BCUT2D eigenvalue weighted by molar-refractivity contribution is -0.128. The van der Waals surface area contributed by atoms with Crippen LogP contribution in [0.1, 0.15) is 34.5 Å². The van der Waals surface area contributed by atoms with Crippen LogP contribution in [0.2, 0.25) is 0 Å². The predicted molar refractivity (Wildman–Crippen MR) is 101 cm³/mol. The summed E-state index contributed by atoms with van der Waals surface area (Å²) in [6, 6.07) is 11.6. The molecule has 1 aromatic heterocycles. The van der Waals surface area contributed by atoms with Gasteiger partial charge >= 0.3 is 0 Å². The van der Waals surface area contributed by atoms with Gasteiger partial charge in [-0.1, -0.05) is 12.1 Å². The first-order valence-corrected chi connectivity index (χ1v) is 9.60. The molecule has 1 aromatic carbocycles. The number of benzene rings is 1. The highest BCUT2D eigenvalue weighted by atomic mass is 16.3. The van der Waals surface area contributed by atoms with E-state index in [9.17, 15) is 9.59 Å². The highest BCUT2D eigenvalue weighted by Crippen LogP contribution is 2.16. The van der Waals surface area contributed by atoms with E-state index in [1.807, 2.05) is 46.2 Å². The third-order valence-corrected chi connectivity index (χ3v) is 5.36. The van der Waals surface area contributed by atoms with Crippen LogP contribution in [0.5, 0.6) is 0 Å². The van der Waals surface area contributed by atoms with E-state index in [0.717, 1.165) is 57.0 Å². The Kier molecular flexibility index (Phi) is 5.25. The summed E-state index contributed by atoms with van der Waals surface area (Å²) in [6.07, 6.45) is 3.29. The van der Waals surface area contributed by atoms with Gasteiger partial charge in [-0.2, -0.15) is 0 Å². The Morgan fingerprint density at radius 3 is 2.37 bits per heavy atom. The van der Waals surface area contributed by atoms with Crippen molar-refractivity contribution in [1.29, 1.82) is 0 Å². The summed E-state index contributed by atoms with van der Waals surface area (Å²) in [6.45, 7) is 5.41. The quantitative estimate of drug-likeness (QED) is 0.814. The van der Waals surface area contributed by atoms with E-state index in [2.05, 4.69) is 4.90 Å². The van der Waals surface area contributed by atoms with Crippen LogP contribution in [0.25, 0.3) is 0 Å². The normalized spacial score (nSPS) is 18.3. The molecule has 2 aliphatic heterocycles. The highest BCUT2D eigenvalue weighted by molar-refractivity contribution is 5.94. The Labute approximate surface area is 159 Å². The summed E-state index contributed by atoms with van der Waals surface area (Å²) in [5.41, 5.74) is 1.79. The van der Waals surface area contributed by atoms with Crippen LogP contribution in [0.4, 0.5) is 0 Å². The number of rotatable bonds is 5. The topological polar surface area (TPSA) is 57.0 Å². The third kappa shape index (κ3) is 4.22. The lowest BCUT2D eigenvalue weighted by Gasteiger charge is -2.34. The Hall–Kier alpha value is -2.60. The molecule has 2 amide bonds. The molecule has 0 spiro atoms. The number of nitrogens with zero attached hydrogens (tertiary/aromatic N) is 3. The van der Waals surface area contributed by atoms with Gasteiger partial charge in [-0.3, -0.25) is 14.5 Å². The fraction of sp³-hybridized carbons (Fsp3) is 0.429. The minimum atomic E-state index is 0.0800. The van der Waals surface area contributed by atoms with E-state index in [0.29, 0.717) is 18.5 Å². The average Bonchev–Trinajstić information content (AvgIpc) is 3.35. The van der Waals surface area contributed by atoms with Gasteiger partial charge in [-0.05, 0) is 36.2 Å². The van der Waals surface area contributed by atoms with E-state index in [1.54, 1.807) is 6.26 Å². The van der Waals surface area contributed by atoms with Crippen LogP contribution in [-0.4, -0.2) is 59.2 Å². The van der Waals surface area contributed by atoms with Gasteiger partial charge in [0, 0.05) is 51.3 Å². The molecule has 2 aliphatic rings. The van der Waals surface area contributed by atoms with Gasteiger partial charge < -0.3 is 14.2 Å². The lowest BCUT2D eigenvalue weighted by Crippen LogP contribution is -2.48. The molecule has 2 aromatic rings. The Balaban J connectivity index is 1.30. The van der Waals surface area contributed by atoms with Crippen molar-refractivity contribution in [3.8, 4) is 0 Å². The van der Waals surface area contributed by atoms with Crippen LogP contribution >= 0.6 is 0 Å². The Morgan fingerprint density at radius 2 is 1.74 bits per heavy atom. The maximum absolute atomic E-state index is 12.8. The zero-order valence-corrected chi connectivity index (χ0v) is 15.5. The summed E-state index contributed by atoms with van der Waals surface area (Å²) in [5, 5.41) is 0. The number of amides is 2. The molecular formula is C21H25N3O3. The largest absolute Gasteiger partial charge is 0.468 e. The third-order valence-electron chi connectivity index (χ3n) is 5.36. The van der Waals surface area contributed by atoms with Gasteiger partial charge in [-0.15, -0.1) is 0 Å². The number of hydrogen-bond acceptors (Lipinski definition) is 4. The van der Waals surface area contributed by atoms with Gasteiger partial charge in [0.1, 0.15) is 5.76 Å². The maximum Gasteiger partial charge on any atom is 0.253 e. The van der Waals surface area contributed by atoms with E-state index in [4.69, 9.17) is 4.42 Å². The summed E-state index contributed by atoms with van der Waals surface area (Å²) in [7, 11) is 0. The molecule has 0 bridgehead atoms. The minimum Gasteiger partial charge on any atom is -0.468 e. The molecule has 3 heterocycles. The monoisotopic (exact) mass is 367 g/mol. The molecule has 2 saturated heterocycles. The first-order chi connectivity index (χ1) is 13.2. The van der Waals surface area contributed by atoms with Gasteiger partial charge in [0.25, 0.3) is 5.91 Å². The molecule has 0 atom stereocenters. The molecule has 6 nitrogen and oxygen atoms in total. The van der Waals surface area contributed by atoms with Crippen molar-refractivity contribution in [2.75, 3.05) is 32.7 Å². The standard InChI is InChI=1S/C21H25N3O3/c25-20-4-1-9-24(20)15-17-5-7-18(8-6-17)21(26)23-12-10-22(11-13-23)16-19-3-2-14-27-19/h2-3,5-8,14H,1,4,9-13,15-16H2. The fourth-order valence-corrected chi connectivity index (χ4v) is 3.76. The lowest BCUT2D eigenvalue weighted by atomic mass is 10.1. The second-order valence-corrected chi connectivity index (χ2v) is 7.26. The van der Waals surface area contributed by atoms with Gasteiger partial charge in [-0.25, -0.2) is 0 Å². The zero-order chi connectivity index (χ0) is 18.6. The van der Waals surface area contributed by atoms with Crippen LogP contribution in [0.3, 0.4) is 0 Å². The highest BCUT2D eigenvalue weighted by Gasteiger charge is 2.23. The van der Waals surface area contributed by atoms with Crippen LogP contribution in [0.15, 0.2) is 47.1 Å². The number of carbonyl (C=O) groups excluding carboxylic acids is 2. The number of likely N-dealkylation sites (tertiary alicyclic amines) is 1. The second-order valence-electron chi connectivity index (χ2n) is 7.26. The van der Waals surface area contributed by atoms with Crippen LogP contribution < -0.4 is 0 Å². The molecule has 2 fully saturated rings. The van der Waals surface area contributed by atoms with E-state index < -0.39 is 0 Å². The van der Waals surface area contributed by atoms with Gasteiger partial charge in [0.2, 0.25) is 5.91 Å². The summed E-state index contributed by atoms with van der Waals surface area (Å²) in [5.74, 6) is 1.26. The number of hydrogen-bond donors (Lipinski definition) is 0. The predicted octanol–water partition coefficient (Wildman–Crippen LogP) is 2.36. The minimum absolute atomic E-state index is 0.0800. The molecular weight excluding hydrogens is 342 g/mol. The first kappa shape index (κ1) is 17.8. The fourth-order valence-electron chi connectivity index (χ4n) is 3.76. The number of piperazine rings is 1. The smallest absolute Gasteiger partial charge is 0.253 e. The molecule has 27 heavy (non-hydrogen) atoms. The number of carbonyl (C=O) groups is 2. The molecule has 0 N–H and O–H groups in total. The molecule has 4 rings (SSSR count). The van der Waals surface area contributed by atoms with Crippen LogP contribution in [-0.2, 0) is 17.9 Å². The molecule has 0 unspecified atom stereocenters. The molecule has 0 saturated carbocycles. The number of furan rings is 1. The van der Waals surface area contributed by atoms with Gasteiger partial charge in [0.15, 0.2) is 0 Å². The molecule has 0 aliphatic carbocycles. The van der Waals surface area contributed by atoms with Crippen molar-refractivity contribution in [2.45, 2.75) is 25.9 Å². The maximum atomic E-state index is 12.8. The molecule has 142 valence electrons. The van der Waals surface area contributed by atoms with Crippen molar-refractivity contribution < 1.29 is 14.0 Å². The Morgan fingerprint density at radius 1 is 0.963 bits per heavy atom. The average molecular weight is 367 g/mol. The second kappa shape index (κ2) is 7.96. The van der Waals surface area contributed by atoms with E-state index in [1.165, 1.54) is 0 Å². The SMILES string of the molecule is O=C1CCCN1Cc1ccc(C(=O)N2CCN(Cc3ccco3)CC2)cc1. The molecule has 6 heteroatoms. The first-order valence-electron chi connectivity index (χ1n) is 9.60. The van der Waals surface area contributed by atoms with Crippen molar-refractivity contribution in [3.05, 3.63) is 59.5 Å².